The average molecular weight is 397 g/mol. The van der Waals surface area contributed by atoms with E-state index in [-0.39, 0.29) is 11.9 Å². The number of hydrogen-bond donors (Lipinski definition) is 1. The van der Waals surface area contributed by atoms with Crippen LogP contribution in [-0.4, -0.2) is 30.2 Å². The molecule has 29 heavy (non-hydrogen) atoms. The van der Waals surface area contributed by atoms with Crippen LogP contribution in [0.3, 0.4) is 0 Å². The Bertz CT molecular complexity index is 1090. The first-order chi connectivity index (χ1) is 14.0. The van der Waals surface area contributed by atoms with E-state index in [9.17, 15) is 8.78 Å². The third-order valence-electron chi connectivity index (χ3n) is 4.47. The Kier molecular flexibility index (Phi) is 4.98. The highest BCUT2D eigenvalue weighted by atomic mass is 19.3. The van der Waals surface area contributed by atoms with E-state index < -0.39 is 12.3 Å². The van der Waals surface area contributed by atoms with Crippen LogP contribution >= 0.6 is 0 Å². The molecule has 0 aliphatic carbocycles. The van der Waals surface area contributed by atoms with Gasteiger partial charge in [0.2, 0.25) is 5.89 Å². The third-order valence-corrected chi connectivity index (χ3v) is 4.47. The Balaban J connectivity index is 1.57. The molecule has 0 aliphatic heterocycles. The summed E-state index contributed by atoms with van der Waals surface area (Å²) in [7, 11) is 0. The minimum Gasteiger partial charge on any atom is -0.415 e. The van der Waals surface area contributed by atoms with E-state index in [1.54, 1.807) is 29.1 Å². The van der Waals surface area contributed by atoms with Crippen molar-refractivity contribution < 1.29 is 13.2 Å². The van der Waals surface area contributed by atoms with Crippen molar-refractivity contribution in [1.29, 1.82) is 0 Å². The first kappa shape index (κ1) is 18.7. The highest BCUT2D eigenvalue weighted by Gasteiger charge is 2.18. The Labute approximate surface area is 164 Å². The zero-order valence-corrected chi connectivity index (χ0v) is 15.4. The molecule has 4 aromatic rings. The summed E-state index contributed by atoms with van der Waals surface area (Å²) in [5.41, 5.74) is 8.68. The van der Waals surface area contributed by atoms with Gasteiger partial charge in [-0.2, -0.15) is 8.78 Å². The first-order valence-corrected chi connectivity index (χ1v) is 8.90. The van der Waals surface area contributed by atoms with Crippen molar-refractivity contribution in [2.75, 3.05) is 5.73 Å². The number of nitrogen functional groups attached to an aromatic ring is 1. The van der Waals surface area contributed by atoms with Gasteiger partial charge in [0.15, 0.2) is 0 Å². The van der Waals surface area contributed by atoms with Crippen LogP contribution in [0.15, 0.2) is 53.2 Å². The van der Waals surface area contributed by atoms with Gasteiger partial charge in [0, 0.05) is 17.3 Å². The molecule has 4 rings (SSSR count). The van der Waals surface area contributed by atoms with E-state index in [1.165, 1.54) is 0 Å². The lowest BCUT2D eigenvalue weighted by Crippen LogP contribution is -2.10. The summed E-state index contributed by atoms with van der Waals surface area (Å²) >= 11 is 0. The minimum atomic E-state index is -2.79. The fraction of sp³-hybridized carbons (Fsp3) is 0.211. The molecule has 0 aliphatic rings. The van der Waals surface area contributed by atoms with Crippen molar-refractivity contribution in [3.8, 4) is 22.7 Å². The summed E-state index contributed by atoms with van der Waals surface area (Å²) in [6.45, 7) is 2.04. The summed E-state index contributed by atoms with van der Waals surface area (Å²) in [6, 6.07) is 10.8. The van der Waals surface area contributed by atoms with Gasteiger partial charge in [-0.25, -0.2) is 9.67 Å². The van der Waals surface area contributed by atoms with Crippen LogP contribution in [-0.2, 0) is 0 Å². The molecule has 0 radical (unpaired) electrons. The normalized spacial score (nSPS) is 12.4. The molecule has 0 saturated heterocycles. The second-order valence-corrected chi connectivity index (χ2v) is 6.35. The molecule has 0 saturated carbocycles. The lowest BCUT2D eigenvalue weighted by atomic mass is 10.0. The number of anilines is 1. The molecule has 2 N–H and O–H groups in total. The number of alkyl halides is 2. The van der Waals surface area contributed by atoms with Gasteiger partial charge in [-0.3, -0.25) is 0 Å². The molecule has 1 aromatic carbocycles. The second-order valence-electron chi connectivity index (χ2n) is 6.35. The Morgan fingerprint density at radius 1 is 1.03 bits per heavy atom. The van der Waals surface area contributed by atoms with Gasteiger partial charge in [-0.05, 0) is 36.2 Å². The molecule has 3 heterocycles. The quantitative estimate of drug-likeness (QED) is 0.525. The largest absolute Gasteiger partial charge is 0.415 e. The van der Waals surface area contributed by atoms with Crippen LogP contribution in [0.1, 0.15) is 37.3 Å². The molecular formula is C19H17F2N7O. The number of nitrogens with two attached hydrogens (primary N) is 1. The lowest BCUT2D eigenvalue weighted by molar-refractivity contribution is 0.116. The van der Waals surface area contributed by atoms with E-state index in [0.717, 1.165) is 17.5 Å². The van der Waals surface area contributed by atoms with Crippen molar-refractivity contribution in [3.05, 3.63) is 60.2 Å². The highest BCUT2D eigenvalue weighted by molar-refractivity contribution is 5.58. The summed E-state index contributed by atoms with van der Waals surface area (Å²) in [4.78, 5) is 4.07. The van der Waals surface area contributed by atoms with Gasteiger partial charge in [0.25, 0.3) is 5.89 Å². The molecule has 8 nitrogen and oxygen atoms in total. The van der Waals surface area contributed by atoms with Gasteiger partial charge in [-0.1, -0.05) is 24.3 Å². The summed E-state index contributed by atoms with van der Waals surface area (Å²) in [5.74, 6) is -0.198. The van der Waals surface area contributed by atoms with Gasteiger partial charge in [-0.15, -0.1) is 15.3 Å². The SMILES string of the molecule is CCC(c1ccc(-c2nnc(C(F)F)o2)cc1)n1cc(-c2ccc(N)nc2)nn1. The molecule has 148 valence electrons. The predicted octanol–water partition coefficient (Wildman–Crippen LogP) is 3.91. The zero-order chi connectivity index (χ0) is 20.4. The molecule has 0 bridgehead atoms. The highest BCUT2D eigenvalue weighted by Crippen LogP contribution is 2.27. The van der Waals surface area contributed by atoms with Gasteiger partial charge in [0.05, 0.1) is 12.2 Å². The van der Waals surface area contributed by atoms with Crippen molar-refractivity contribution in [2.24, 2.45) is 0 Å². The maximum Gasteiger partial charge on any atom is 0.314 e. The Morgan fingerprint density at radius 3 is 2.41 bits per heavy atom. The summed E-state index contributed by atoms with van der Waals surface area (Å²) in [6.07, 6.45) is 1.48. The molecule has 3 aromatic heterocycles. The fourth-order valence-corrected chi connectivity index (χ4v) is 2.98. The maximum absolute atomic E-state index is 12.6. The van der Waals surface area contributed by atoms with Crippen LogP contribution in [0.4, 0.5) is 14.6 Å². The third kappa shape index (κ3) is 3.82. The van der Waals surface area contributed by atoms with Crippen molar-refractivity contribution in [2.45, 2.75) is 25.8 Å². The molecule has 0 fully saturated rings. The lowest BCUT2D eigenvalue weighted by Gasteiger charge is -2.15. The Morgan fingerprint density at radius 2 is 1.79 bits per heavy atom. The summed E-state index contributed by atoms with van der Waals surface area (Å²) < 4.78 is 32.0. The molecule has 10 heteroatoms. The number of benzene rings is 1. The molecule has 0 amide bonds. The van der Waals surface area contributed by atoms with Crippen LogP contribution in [0, 0.1) is 0 Å². The van der Waals surface area contributed by atoms with E-state index in [1.807, 2.05) is 31.3 Å². The molecule has 1 atom stereocenters. The van der Waals surface area contributed by atoms with E-state index in [4.69, 9.17) is 10.2 Å². The smallest absolute Gasteiger partial charge is 0.314 e. The van der Waals surface area contributed by atoms with Crippen molar-refractivity contribution >= 4 is 5.82 Å². The zero-order valence-electron chi connectivity index (χ0n) is 15.4. The van der Waals surface area contributed by atoms with Crippen molar-refractivity contribution in [1.82, 2.24) is 30.2 Å². The number of hydrogen-bond acceptors (Lipinski definition) is 7. The van der Waals surface area contributed by atoms with E-state index >= 15 is 0 Å². The molecular weight excluding hydrogens is 380 g/mol. The topological polar surface area (TPSA) is 109 Å². The van der Waals surface area contributed by atoms with Gasteiger partial charge >= 0.3 is 6.43 Å². The fourth-order valence-electron chi connectivity index (χ4n) is 2.98. The monoisotopic (exact) mass is 397 g/mol. The van der Waals surface area contributed by atoms with Crippen LogP contribution < -0.4 is 5.73 Å². The minimum absolute atomic E-state index is 0.0497. The van der Waals surface area contributed by atoms with Gasteiger partial charge in [0.1, 0.15) is 11.5 Å². The Hall–Kier alpha value is -3.69. The van der Waals surface area contributed by atoms with E-state index in [2.05, 4.69) is 25.5 Å². The average Bonchev–Trinajstić information content (AvgIpc) is 3.40. The van der Waals surface area contributed by atoms with Crippen LogP contribution in [0.25, 0.3) is 22.7 Å². The van der Waals surface area contributed by atoms with E-state index in [0.29, 0.717) is 17.1 Å². The standard InChI is InChI=1S/C19H17F2N7O/c1-2-15(28-10-14(24-27-28)13-7-8-16(22)23-9-13)11-3-5-12(6-4-11)18-25-26-19(29-18)17(20)21/h3-10,15,17H,2H2,1H3,(H2,22,23). The molecule has 0 spiro atoms. The summed E-state index contributed by atoms with van der Waals surface area (Å²) in [5, 5.41) is 15.5. The first-order valence-electron chi connectivity index (χ1n) is 8.90. The number of rotatable bonds is 6. The second kappa shape index (κ2) is 7.74. The number of pyridine rings is 1. The number of halogens is 2. The van der Waals surface area contributed by atoms with Gasteiger partial charge < -0.3 is 10.2 Å². The maximum atomic E-state index is 12.6. The molecule has 1 unspecified atom stereocenters. The number of nitrogens with zero attached hydrogens (tertiary/aromatic N) is 6. The predicted molar refractivity (Wildman–Crippen MR) is 101 cm³/mol. The van der Waals surface area contributed by atoms with Crippen molar-refractivity contribution in [3.63, 3.8) is 0 Å². The van der Waals surface area contributed by atoms with Crippen LogP contribution in [0.2, 0.25) is 0 Å². The van der Waals surface area contributed by atoms with Crippen LogP contribution in [0.5, 0.6) is 0 Å². The number of aromatic nitrogens is 6.